The van der Waals surface area contributed by atoms with E-state index in [1.165, 1.54) is 0 Å². The number of aromatic nitrogens is 2. The normalized spacial score (nSPS) is 12.6. The molecule has 2 aromatic rings. The van der Waals surface area contributed by atoms with E-state index in [2.05, 4.69) is 27.6 Å². The number of carbonyl (C=O) groups excluding carboxylic acids is 1. The SMILES string of the molecule is CCOC(=O)C(C)n1c(CCl)nc2cc(I)ccc21. The van der Waals surface area contributed by atoms with E-state index < -0.39 is 6.04 Å². The number of halogens is 2. The number of hydrogen-bond donors (Lipinski definition) is 0. The first-order valence-electron chi connectivity index (χ1n) is 5.97. The minimum absolute atomic E-state index is 0.259. The number of esters is 1. The first-order chi connectivity index (χ1) is 9.08. The zero-order chi connectivity index (χ0) is 14.0. The van der Waals surface area contributed by atoms with Crippen LogP contribution in [0, 0.1) is 3.57 Å². The smallest absolute Gasteiger partial charge is 0.328 e. The van der Waals surface area contributed by atoms with Crippen molar-refractivity contribution in [2.75, 3.05) is 6.61 Å². The molecule has 1 aromatic heterocycles. The summed E-state index contributed by atoms with van der Waals surface area (Å²) >= 11 is 8.16. The first-order valence-corrected chi connectivity index (χ1v) is 7.58. The van der Waals surface area contributed by atoms with E-state index >= 15 is 0 Å². The molecule has 0 N–H and O–H groups in total. The molecule has 1 unspecified atom stereocenters. The summed E-state index contributed by atoms with van der Waals surface area (Å²) in [7, 11) is 0. The standard InChI is InChI=1S/C13H14ClIN2O2/c1-3-19-13(18)8(2)17-11-5-4-9(15)6-10(11)16-12(17)7-14/h4-6,8H,3,7H2,1-2H3. The summed E-state index contributed by atoms with van der Waals surface area (Å²) < 4.78 is 8.01. The van der Waals surface area contributed by atoms with Gasteiger partial charge < -0.3 is 9.30 Å². The third kappa shape index (κ3) is 2.86. The lowest BCUT2D eigenvalue weighted by Gasteiger charge is -2.15. The van der Waals surface area contributed by atoms with Gasteiger partial charge in [-0.1, -0.05) is 0 Å². The van der Waals surface area contributed by atoms with Gasteiger partial charge in [0.15, 0.2) is 0 Å². The molecule has 0 aliphatic heterocycles. The van der Waals surface area contributed by atoms with Crippen molar-refractivity contribution in [2.24, 2.45) is 0 Å². The second-order valence-corrected chi connectivity index (χ2v) is 5.61. The van der Waals surface area contributed by atoms with Crippen molar-refractivity contribution in [1.29, 1.82) is 0 Å². The minimum Gasteiger partial charge on any atom is -0.464 e. The Labute approximate surface area is 130 Å². The molecule has 0 amide bonds. The van der Waals surface area contributed by atoms with E-state index in [-0.39, 0.29) is 11.8 Å². The lowest BCUT2D eigenvalue weighted by atomic mass is 10.2. The molecular weight excluding hydrogens is 379 g/mol. The molecule has 0 bridgehead atoms. The largest absolute Gasteiger partial charge is 0.464 e. The van der Waals surface area contributed by atoms with Crippen LogP contribution in [-0.2, 0) is 15.4 Å². The number of carbonyl (C=O) groups is 1. The highest BCUT2D eigenvalue weighted by atomic mass is 127. The van der Waals surface area contributed by atoms with E-state index in [0.29, 0.717) is 12.4 Å². The average molecular weight is 393 g/mol. The monoisotopic (exact) mass is 392 g/mol. The van der Waals surface area contributed by atoms with Crippen molar-refractivity contribution in [3.8, 4) is 0 Å². The van der Waals surface area contributed by atoms with Crippen LogP contribution >= 0.6 is 34.2 Å². The fourth-order valence-corrected chi connectivity index (χ4v) is 2.68. The van der Waals surface area contributed by atoms with Gasteiger partial charge in [-0.2, -0.15) is 0 Å². The highest BCUT2D eigenvalue weighted by Gasteiger charge is 2.22. The summed E-state index contributed by atoms with van der Waals surface area (Å²) in [4.78, 5) is 16.4. The van der Waals surface area contributed by atoms with Gasteiger partial charge in [0.1, 0.15) is 11.9 Å². The molecular formula is C13H14ClIN2O2. The van der Waals surface area contributed by atoms with Crippen molar-refractivity contribution < 1.29 is 9.53 Å². The summed E-state index contributed by atoms with van der Waals surface area (Å²) in [6, 6.07) is 5.48. The average Bonchev–Trinajstić information content (AvgIpc) is 2.75. The Kier molecular flexibility index (Phi) is 4.67. The zero-order valence-electron chi connectivity index (χ0n) is 10.7. The molecule has 1 aromatic carbocycles. The number of rotatable bonds is 4. The predicted molar refractivity (Wildman–Crippen MR) is 83.4 cm³/mol. The Morgan fingerprint density at radius 3 is 2.95 bits per heavy atom. The second-order valence-electron chi connectivity index (χ2n) is 4.09. The van der Waals surface area contributed by atoms with E-state index in [1.807, 2.05) is 22.8 Å². The maximum atomic E-state index is 11.9. The van der Waals surface area contributed by atoms with Crippen molar-refractivity contribution >= 4 is 51.2 Å². The van der Waals surface area contributed by atoms with Gasteiger partial charge in [0.2, 0.25) is 0 Å². The summed E-state index contributed by atoms with van der Waals surface area (Å²) in [6.45, 7) is 3.96. The Balaban J connectivity index is 2.54. The van der Waals surface area contributed by atoms with Gasteiger partial charge in [0.05, 0.1) is 23.5 Å². The summed E-state index contributed by atoms with van der Waals surface area (Å²) in [5, 5.41) is 0. The van der Waals surface area contributed by atoms with Crippen LogP contribution in [0.15, 0.2) is 18.2 Å². The van der Waals surface area contributed by atoms with Crippen LogP contribution in [0.25, 0.3) is 11.0 Å². The van der Waals surface area contributed by atoms with Crippen molar-refractivity contribution in [3.63, 3.8) is 0 Å². The highest BCUT2D eigenvalue weighted by molar-refractivity contribution is 14.1. The predicted octanol–water partition coefficient (Wildman–Crippen LogP) is 3.50. The van der Waals surface area contributed by atoms with Gasteiger partial charge in [-0.25, -0.2) is 9.78 Å². The number of ether oxygens (including phenoxy) is 1. The number of fused-ring (bicyclic) bond motifs is 1. The van der Waals surface area contributed by atoms with Gasteiger partial charge in [-0.3, -0.25) is 0 Å². The molecule has 2 rings (SSSR count). The number of nitrogens with zero attached hydrogens (tertiary/aromatic N) is 2. The first kappa shape index (κ1) is 14.6. The molecule has 0 aliphatic rings. The van der Waals surface area contributed by atoms with Gasteiger partial charge in [0.25, 0.3) is 0 Å². The third-order valence-electron chi connectivity index (χ3n) is 2.86. The van der Waals surface area contributed by atoms with Crippen molar-refractivity contribution in [3.05, 3.63) is 27.6 Å². The third-order valence-corrected chi connectivity index (χ3v) is 3.77. The van der Waals surface area contributed by atoms with Crippen LogP contribution in [-0.4, -0.2) is 22.1 Å². The molecule has 0 spiro atoms. The molecule has 0 fully saturated rings. The van der Waals surface area contributed by atoms with Crippen LogP contribution < -0.4 is 0 Å². The number of hydrogen-bond acceptors (Lipinski definition) is 3. The lowest BCUT2D eigenvalue weighted by Crippen LogP contribution is -2.20. The van der Waals surface area contributed by atoms with Gasteiger partial charge >= 0.3 is 5.97 Å². The van der Waals surface area contributed by atoms with E-state index in [9.17, 15) is 4.79 Å². The van der Waals surface area contributed by atoms with E-state index in [1.54, 1.807) is 13.8 Å². The van der Waals surface area contributed by atoms with Crippen LogP contribution in [0.1, 0.15) is 25.7 Å². The molecule has 19 heavy (non-hydrogen) atoms. The molecule has 6 heteroatoms. The Morgan fingerprint density at radius 1 is 1.58 bits per heavy atom. The second kappa shape index (κ2) is 6.09. The van der Waals surface area contributed by atoms with E-state index in [0.717, 1.165) is 14.6 Å². The molecule has 1 heterocycles. The fraction of sp³-hybridized carbons (Fsp3) is 0.385. The van der Waals surface area contributed by atoms with Gasteiger partial charge in [-0.05, 0) is 54.6 Å². The molecule has 0 aliphatic carbocycles. The van der Waals surface area contributed by atoms with Crippen LogP contribution in [0.2, 0.25) is 0 Å². The number of imidazole rings is 1. The Bertz CT molecular complexity index is 612. The topological polar surface area (TPSA) is 44.1 Å². The quantitative estimate of drug-likeness (QED) is 0.454. The van der Waals surface area contributed by atoms with Crippen molar-refractivity contribution in [2.45, 2.75) is 25.8 Å². The molecule has 0 saturated carbocycles. The van der Waals surface area contributed by atoms with Crippen LogP contribution in [0.3, 0.4) is 0 Å². The van der Waals surface area contributed by atoms with Gasteiger partial charge in [-0.15, -0.1) is 11.6 Å². The molecule has 1 atom stereocenters. The van der Waals surface area contributed by atoms with Gasteiger partial charge in [0, 0.05) is 3.57 Å². The van der Waals surface area contributed by atoms with Crippen LogP contribution in [0.4, 0.5) is 0 Å². The number of alkyl halides is 1. The maximum Gasteiger partial charge on any atom is 0.328 e. The molecule has 4 nitrogen and oxygen atoms in total. The highest BCUT2D eigenvalue weighted by Crippen LogP contribution is 2.24. The summed E-state index contributed by atoms with van der Waals surface area (Å²) in [5.41, 5.74) is 1.75. The minimum atomic E-state index is -0.432. The summed E-state index contributed by atoms with van der Waals surface area (Å²) in [5.74, 6) is 0.667. The number of benzene rings is 1. The van der Waals surface area contributed by atoms with Crippen molar-refractivity contribution in [1.82, 2.24) is 9.55 Å². The fourth-order valence-electron chi connectivity index (χ4n) is 2.02. The zero-order valence-corrected chi connectivity index (χ0v) is 13.6. The van der Waals surface area contributed by atoms with E-state index in [4.69, 9.17) is 16.3 Å². The molecule has 0 saturated heterocycles. The Hall–Kier alpha value is -0.820. The molecule has 0 radical (unpaired) electrons. The maximum absolute atomic E-state index is 11.9. The van der Waals surface area contributed by atoms with Crippen LogP contribution in [0.5, 0.6) is 0 Å². The molecule has 102 valence electrons. The Morgan fingerprint density at radius 2 is 2.32 bits per heavy atom. The lowest BCUT2D eigenvalue weighted by molar-refractivity contribution is -0.146. The summed E-state index contributed by atoms with van der Waals surface area (Å²) in [6.07, 6.45) is 0.